The fraction of sp³-hybridized carbons (Fsp3) is 0.111. The summed E-state index contributed by atoms with van der Waals surface area (Å²) in [6.45, 7) is 0.566. The highest BCUT2D eigenvalue weighted by molar-refractivity contribution is 7.09. The Labute approximate surface area is 80.0 Å². The molecule has 66 valence electrons. The topological polar surface area (TPSA) is 35.0 Å². The van der Waals surface area contributed by atoms with Crippen molar-refractivity contribution in [3.63, 3.8) is 0 Å². The molecule has 0 aliphatic rings. The Hall–Kier alpha value is -1.42. The number of hydrogen-bond donors (Lipinski definition) is 0. The number of aromatic nitrogens is 2. The molecule has 0 unspecified atom stereocenters. The van der Waals surface area contributed by atoms with Crippen LogP contribution in [0.15, 0.2) is 36.1 Å². The van der Waals surface area contributed by atoms with E-state index in [-0.39, 0.29) is 0 Å². The summed E-state index contributed by atoms with van der Waals surface area (Å²) in [5.74, 6) is 0.566. The van der Waals surface area contributed by atoms with E-state index >= 15 is 0 Å². The minimum absolute atomic E-state index is 0.566. The summed E-state index contributed by atoms with van der Waals surface area (Å²) in [6.07, 6.45) is 4.84. The van der Waals surface area contributed by atoms with Gasteiger partial charge in [-0.3, -0.25) is 4.98 Å². The molecule has 0 aliphatic carbocycles. The van der Waals surface area contributed by atoms with Crippen LogP contribution in [0.5, 0.6) is 5.88 Å². The lowest BCUT2D eigenvalue weighted by Gasteiger charge is -2.00. The van der Waals surface area contributed by atoms with Gasteiger partial charge in [-0.1, -0.05) is 6.07 Å². The summed E-state index contributed by atoms with van der Waals surface area (Å²) < 4.78 is 5.39. The van der Waals surface area contributed by atoms with E-state index in [2.05, 4.69) is 9.97 Å². The fourth-order valence-corrected chi connectivity index (χ4v) is 1.52. The van der Waals surface area contributed by atoms with Gasteiger partial charge in [-0.25, -0.2) is 4.98 Å². The average molecular weight is 192 g/mol. The molecule has 3 nitrogen and oxygen atoms in total. The van der Waals surface area contributed by atoms with Crippen molar-refractivity contribution in [3.8, 4) is 5.88 Å². The molecule has 0 saturated carbocycles. The van der Waals surface area contributed by atoms with Gasteiger partial charge in [-0.2, -0.15) is 0 Å². The van der Waals surface area contributed by atoms with E-state index in [1.807, 2.05) is 17.5 Å². The van der Waals surface area contributed by atoms with Crippen molar-refractivity contribution in [3.05, 3.63) is 41.0 Å². The van der Waals surface area contributed by atoms with E-state index in [1.165, 1.54) is 4.88 Å². The van der Waals surface area contributed by atoms with Crippen LogP contribution in [-0.2, 0) is 6.61 Å². The molecule has 0 aliphatic heterocycles. The van der Waals surface area contributed by atoms with Crippen molar-refractivity contribution >= 4 is 11.3 Å². The molecule has 2 rings (SSSR count). The third-order valence-corrected chi connectivity index (χ3v) is 2.33. The zero-order chi connectivity index (χ0) is 8.93. The van der Waals surface area contributed by atoms with Crippen LogP contribution in [-0.4, -0.2) is 9.97 Å². The van der Waals surface area contributed by atoms with E-state index < -0.39 is 0 Å². The first kappa shape index (κ1) is 8.19. The fourth-order valence-electron chi connectivity index (χ4n) is 0.900. The molecule has 0 spiro atoms. The predicted octanol–water partition coefficient (Wildman–Crippen LogP) is 2.12. The average Bonchev–Trinajstić information content (AvgIpc) is 2.69. The molecule has 0 N–H and O–H groups in total. The molecule has 4 heteroatoms. The highest BCUT2D eigenvalue weighted by Crippen LogP contribution is 2.11. The number of nitrogens with zero attached hydrogens (tertiary/aromatic N) is 2. The Bertz CT molecular complexity index is 347. The summed E-state index contributed by atoms with van der Waals surface area (Å²) in [5.41, 5.74) is 0. The van der Waals surface area contributed by atoms with Gasteiger partial charge in [-0.15, -0.1) is 11.3 Å². The standard InChI is InChI=1S/C9H8N2OS/c1-2-8(13-5-1)7-12-9-6-10-3-4-11-9/h1-6H,7H2. The number of thiophene rings is 1. The molecule has 0 aromatic carbocycles. The van der Waals surface area contributed by atoms with E-state index in [0.29, 0.717) is 12.5 Å². The first-order valence-corrected chi connectivity index (χ1v) is 4.74. The molecular formula is C9H8N2OS. The lowest BCUT2D eigenvalue weighted by Crippen LogP contribution is -1.94. The van der Waals surface area contributed by atoms with Crippen LogP contribution in [0, 0.1) is 0 Å². The van der Waals surface area contributed by atoms with Gasteiger partial charge in [0.2, 0.25) is 5.88 Å². The van der Waals surface area contributed by atoms with Gasteiger partial charge < -0.3 is 4.74 Å². The van der Waals surface area contributed by atoms with Crippen molar-refractivity contribution in [2.45, 2.75) is 6.61 Å². The largest absolute Gasteiger partial charge is 0.471 e. The molecular weight excluding hydrogens is 184 g/mol. The van der Waals surface area contributed by atoms with Crippen LogP contribution in [0.25, 0.3) is 0 Å². The molecule has 0 radical (unpaired) electrons. The maximum Gasteiger partial charge on any atom is 0.232 e. The molecule has 2 heterocycles. The van der Waals surface area contributed by atoms with Gasteiger partial charge in [-0.05, 0) is 11.4 Å². The summed E-state index contributed by atoms with van der Waals surface area (Å²) in [4.78, 5) is 9.08. The third-order valence-electron chi connectivity index (χ3n) is 1.48. The van der Waals surface area contributed by atoms with E-state index in [1.54, 1.807) is 29.9 Å². The Morgan fingerprint density at radius 2 is 2.38 bits per heavy atom. The third kappa shape index (κ3) is 2.26. The zero-order valence-electron chi connectivity index (χ0n) is 6.88. The Balaban J connectivity index is 1.94. The molecule has 0 saturated heterocycles. The first-order valence-electron chi connectivity index (χ1n) is 3.86. The quantitative estimate of drug-likeness (QED) is 0.747. The van der Waals surface area contributed by atoms with Gasteiger partial charge in [0, 0.05) is 17.3 Å². The summed E-state index contributed by atoms with van der Waals surface area (Å²) in [7, 11) is 0. The Kier molecular flexibility index (Phi) is 2.52. The SMILES string of the molecule is c1csc(COc2cnccn2)c1. The van der Waals surface area contributed by atoms with Crippen LogP contribution >= 0.6 is 11.3 Å². The van der Waals surface area contributed by atoms with Gasteiger partial charge in [0.25, 0.3) is 0 Å². The predicted molar refractivity (Wildman–Crippen MR) is 50.7 cm³/mol. The summed E-state index contributed by atoms with van der Waals surface area (Å²) in [5, 5.41) is 2.02. The second kappa shape index (κ2) is 4.00. The second-order valence-electron chi connectivity index (χ2n) is 2.41. The molecule has 0 bridgehead atoms. The highest BCUT2D eigenvalue weighted by Gasteiger charge is 1.96. The molecule has 2 aromatic heterocycles. The minimum atomic E-state index is 0.566. The molecule has 0 atom stereocenters. The lowest BCUT2D eigenvalue weighted by atomic mass is 10.5. The van der Waals surface area contributed by atoms with Crippen molar-refractivity contribution in [2.75, 3.05) is 0 Å². The maximum atomic E-state index is 5.39. The molecule has 13 heavy (non-hydrogen) atoms. The van der Waals surface area contributed by atoms with Crippen LogP contribution < -0.4 is 4.74 Å². The second-order valence-corrected chi connectivity index (χ2v) is 3.44. The smallest absolute Gasteiger partial charge is 0.232 e. The monoisotopic (exact) mass is 192 g/mol. The molecule has 0 amide bonds. The normalized spacial score (nSPS) is 9.85. The Morgan fingerprint density at radius 3 is 3.08 bits per heavy atom. The summed E-state index contributed by atoms with van der Waals surface area (Å²) >= 11 is 1.67. The summed E-state index contributed by atoms with van der Waals surface area (Å²) in [6, 6.07) is 4.03. The van der Waals surface area contributed by atoms with Gasteiger partial charge in [0.15, 0.2) is 0 Å². The van der Waals surface area contributed by atoms with Crippen molar-refractivity contribution in [1.82, 2.24) is 9.97 Å². The minimum Gasteiger partial charge on any atom is -0.471 e. The Morgan fingerprint density at radius 1 is 1.38 bits per heavy atom. The van der Waals surface area contributed by atoms with Crippen LogP contribution in [0.2, 0.25) is 0 Å². The van der Waals surface area contributed by atoms with Crippen LogP contribution in [0.1, 0.15) is 4.88 Å². The number of hydrogen-bond acceptors (Lipinski definition) is 4. The van der Waals surface area contributed by atoms with Crippen molar-refractivity contribution < 1.29 is 4.74 Å². The van der Waals surface area contributed by atoms with E-state index in [4.69, 9.17) is 4.74 Å². The van der Waals surface area contributed by atoms with Crippen molar-refractivity contribution in [2.24, 2.45) is 0 Å². The molecule has 2 aromatic rings. The molecule has 0 fully saturated rings. The maximum absolute atomic E-state index is 5.39. The highest BCUT2D eigenvalue weighted by atomic mass is 32.1. The lowest BCUT2D eigenvalue weighted by molar-refractivity contribution is 0.296. The van der Waals surface area contributed by atoms with Gasteiger partial charge >= 0.3 is 0 Å². The van der Waals surface area contributed by atoms with Crippen LogP contribution in [0.3, 0.4) is 0 Å². The van der Waals surface area contributed by atoms with Crippen LogP contribution in [0.4, 0.5) is 0 Å². The zero-order valence-corrected chi connectivity index (χ0v) is 7.70. The number of rotatable bonds is 3. The van der Waals surface area contributed by atoms with Gasteiger partial charge in [0.05, 0.1) is 6.20 Å². The van der Waals surface area contributed by atoms with E-state index in [0.717, 1.165) is 0 Å². The number of ether oxygens (including phenoxy) is 1. The van der Waals surface area contributed by atoms with Crippen molar-refractivity contribution in [1.29, 1.82) is 0 Å². The first-order chi connectivity index (χ1) is 6.45. The van der Waals surface area contributed by atoms with Gasteiger partial charge in [0.1, 0.15) is 6.61 Å². The van der Waals surface area contributed by atoms with E-state index in [9.17, 15) is 0 Å².